The van der Waals surface area contributed by atoms with Crippen LogP contribution >= 0.6 is 0 Å². The number of piperidine rings is 1. The minimum Gasteiger partial charge on any atom is -0.369 e. The number of likely N-dealkylation sites (N-methyl/N-ethyl adjacent to an activating group) is 1. The minimum atomic E-state index is -0.317. The molecule has 0 atom stereocenters. The van der Waals surface area contributed by atoms with Crippen LogP contribution < -0.4 is 10.6 Å². The maximum absolute atomic E-state index is 11.1. The number of primary amides is 1. The summed E-state index contributed by atoms with van der Waals surface area (Å²) < 4.78 is 0. The highest BCUT2D eigenvalue weighted by Crippen LogP contribution is 2.29. The maximum Gasteiger partial charge on any atom is 0.231 e. The fourth-order valence-electron chi connectivity index (χ4n) is 4.25. The monoisotopic (exact) mass is 415 g/mol. The SMILES string of the molecule is CN(CC(N)=O)Cc1cccc(-c2ccc(N3CCC(c4ccccn4)CC3)nc2)c1. The normalized spacial score (nSPS) is 14.7. The largest absolute Gasteiger partial charge is 0.369 e. The molecule has 0 unspecified atom stereocenters. The summed E-state index contributed by atoms with van der Waals surface area (Å²) in [6, 6.07) is 18.8. The summed E-state index contributed by atoms with van der Waals surface area (Å²) in [7, 11) is 1.89. The second kappa shape index (κ2) is 9.71. The van der Waals surface area contributed by atoms with Crippen molar-refractivity contribution >= 4 is 11.7 Å². The second-order valence-corrected chi connectivity index (χ2v) is 8.26. The molecule has 6 nitrogen and oxygen atoms in total. The van der Waals surface area contributed by atoms with Crippen LogP contribution in [0.1, 0.15) is 30.0 Å². The van der Waals surface area contributed by atoms with Crippen molar-refractivity contribution < 1.29 is 4.79 Å². The number of carbonyl (C=O) groups is 1. The van der Waals surface area contributed by atoms with Crippen molar-refractivity contribution in [1.82, 2.24) is 14.9 Å². The van der Waals surface area contributed by atoms with Crippen LogP contribution in [0.15, 0.2) is 67.0 Å². The number of hydrogen-bond donors (Lipinski definition) is 1. The molecular weight excluding hydrogens is 386 g/mol. The van der Waals surface area contributed by atoms with Crippen LogP contribution in [0.4, 0.5) is 5.82 Å². The Kier molecular flexibility index (Phi) is 6.57. The number of carbonyl (C=O) groups excluding carboxylic acids is 1. The zero-order chi connectivity index (χ0) is 21.6. The van der Waals surface area contributed by atoms with Crippen LogP contribution in [-0.4, -0.2) is 47.5 Å². The van der Waals surface area contributed by atoms with Gasteiger partial charge in [-0.2, -0.15) is 0 Å². The van der Waals surface area contributed by atoms with E-state index < -0.39 is 0 Å². The lowest BCUT2D eigenvalue weighted by Crippen LogP contribution is -2.33. The molecule has 0 bridgehead atoms. The number of hydrogen-bond acceptors (Lipinski definition) is 5. The highest BCUT2D eigenvalue weighted by molar-refractivity contribution is 5.75. The van der Waals surface area contributed by atoms with Crippen LogP contribution in [0.25, 0.3) is 11.1 Å². The molecule has 1 saturated heterocycles. The van der Waals surface area contributed by atoms with Gasteiger partial charge in [-0.15, -0.1) is 0 Å². The molecule has 3 aromatic rings. The topological polar surface area (TPSA) is 75.3 Å². The average molecular weight is 416 g/mol. The van der Waals surface area contributed by atoms with Gasteiger partial charge in [0.1, 0.15) is 5.82 Å². The van der Waals surface area contributed by atoms with Crippen molar-refractivity contribution in [2.24, 2.45) is 5.73 Å². The van der Waals surface area contributed by atoms with Crippen molar-refractivity contribution in [1.29, 1.82) is 0 Å². The quantitative estimate of drug-likeness (QED) is 0.640. The molecule has 1 aliphatic heterocycles. The minimum absolute atomic E-state index is 0.248. The van der Waals surface area contributed by atoms with E-state index in [4.69, 9.17) is 10.7 Å². The highest BCUT2D eigenvalue weighted by atomic mass is 16.1. The summed E-state index contributed by atoms with van der Waals surface area (Å²) in [4.78, 5) is 24.6. The average Bonchev–Trinajstić information content (AvgIpc) is 2.79. The van der Waals surface area contributed by atoms with E-state index in [-0.39, 0.29) is 12.5 Å². The van der Waals surface area contributed by atoms with Gasteiger partial charge < -0.3 is 10.6 Å². The van der Waals surface area contributed by atoms with E-state index in [1.807, 2.05) is 36.5 Å². The Morgan fingerprint density at radius 2 is 1.90 bits per heavy atom. The second-order valence-electron chi connectivity index (χ2n) is 8.26. The van der Waals surface area contributed by atoms with Crippen LogP contribution in [0.3, 0.4) is 0 Å². The fourth-order valence-corrected chi connectivity index (χ4v) is 4.25. The van der Waals surface area contributed by atoms with Crippen LogP contribution in [0.2, 0.25) is 0 Å². The Hall–Kier alpha value is -3.25. The molecule has 1 aliphatic rings. The van der Waals surface area contributed by atoms with E-state index in [0.29, 0.717) is 12.5 Å². The van der Waals surface area contributed by atoms with E-state index >= 15 is 0 Å². The maximum atomic E-state index is 11.1. The van der Waals surface area contributed by atoms with Gasteiger partial charge in [0.25, 0.3) is 0 Å². The summed E-state index contributed by atoms with van der Waals surface area (Å²) in [5, 5.41) is 0. The van der Waals surface area contributed by atoms with Crippen molar-refractivity contribution in [2.75, 3.05) is 31.6 Å². The molecule has 0 aliphatic carbocycles. The Morgan fingerprint density at radius 3 is 2.58 bits per heavy atom. The first kappa shape index (κ1) is 21.0. The van der Waals surface area contributed by atoms with E-state index in [0.717, 1.165) is 48.4 Å². The molecule has 0 saturated carbocycles. The summed E-state index contributed by atoms with van der Waals surface area (Å²) in [6.07, 6.45) is 6.03. The molecule has 3 heterocycles. The van der Waals surface area contributed by atoms with Gasteiger partial charge in [0.2, 0.25) is 5.91 Å². The zero-order valence-corrected chi connectivity index (χ0v) is 17.9. The van der Waals surface area contributed by atoms with Crippen molar-refractivity contribution in [3.8, 4) is 11.1 Å². The van der Waals surface area contributed by atoms with E-state index in [2.05, 4.69) is 52.3 Å². The lowest BCUT2D eigenvalue weighted by molar-refractivity contribution is -0.118. The number of pyridine rings is 2. The first-order chi connectivity index (χ1) is 15.1. The number of nitrogens with two attached hydrogens (primary N) is 1. The summed E-state index contributed by atoms with van der Waals surface area (Å²) >= 11 is 0. The molecule has 1 aromatic carbocycles. The Morgan fingerprint density at radius 1 is 1.06 bits per heavy atom. The number of amides is 1. The Labute approximate surface area is 183 Å². The van der Waals surface area contributed by atoms with Crippen molar-refractivity contribution in [2.45, 2.75) is 25.3 Å². The fraction of sp³-hybridized carbons (Fsp3) is 0.320. The van der Waals surface area contributed by atoms with Gasteiger partial charge in [-0.25, -0.2) is 4.98 Å². The molecule has 4 rings (SSSR count). The van der Waals surface area contributed by atoms with Gasteiger partial charge in [-0.1, -0.05) is 24.3 Å². The molecule has 31 heavy (non-hydrogen) atoms. The number of anilines is 1. The molecule has 0 spiro atoms. The molecule has 160 valence electrons. The Bertz CT molecular complexity index is 998. The van der Waals surface area contributed by atoms with Crippen LogP contribution in [-0.2, 0) is 11.3 Å². The molecular formula is C25H29N5O. The first-order valence-electron chi connectivity index (χ1n) is 10.8. The molecule has 0 radical (unpaired) electrons. The first-order valence-corrected chi connectivity index (χ1v) is 10.8. The van der Waals surface area contributed by atoms with Gasteiger partial charge >= 0.3 is 0 Å². The van der Waals surface area contributed by atoms with E-state index in [9.17, 15) is 4.79 Å². The lowest BCUT2D eigenvalue weighted by Gasteiger charge is -2.32. The number of rotatable bonds is 7. The van der Waals surface area contributed by atoms with Crippen molar-refractivity contribution in [3.63, 3.8) is 0 Å². The number of aromatic nitrogens is 2. The third kappa shape index (κ3) is 5.47. The van der Waals surface area contributed by atoms with E-state index in [1.165, 1.54) is 5.69 Å². The number of nitrogens with zero attached hydrogens (tertiary/aromatic N) is 4. The lowest BCUT2D eigenvalue weighted by atomic mass is 9.93. The van der Waals surface area contributed by atoms with Gasteiger partial charge in [0.05, 0.1) is 6.54 Å². The van der Waals surface area contributed by atoms with Gasteiger partial charge in [0.15, 0.2) is 0 Å². The third-order valence-corrected chi connectivity index (χ3v) is 5.81. The van der Waals surface area contributed by atoms with Gasteiger partial charge in [-0.3, -0.25) is 14.7 Å². The third-order valence-electron chi connectivity index (χ3n) is 5.81. The summed E-state index contributed by atoms with van der Waals surface area (Å²) in [6.45, 7) is 2.91. The van der Waals surface area contributed by atoms with Gasteiger partial charge in [-0.05, 0) is 61.3 Å². The molecule has 2 N–H and O–H groups in total. The molecule has 6 heteroatoms. The van der Waals surface area contributed by atoms with Crippen molar-refractivity contribution in [3.05, 3.63) is 78.2 Å². The summed E-state index contributed by atoms with van der Waals surface area (Å²) in [5.41, 5.74) is 9.84. The van der Waals surface area contributed by atoms with E-state index in [1.54, 1.807) is 0 Å². The van der Waals surface area contributed by atoms with Crippen LogP contribution in [0.5, 0.6) is 0 Å². The zero-order valence-electron chi connectivity index (χ0n) is 17.9. The standard InChI is InChI=1S/C25H29N5O/c1-29(18-24(26)31)17-19-5-4-6-21(15-19)22-8-9-25(28-16-22)30-13-10-20(11-14-30)23-7-2-3-12-27-23/h2-9,12,15-16,20H,10-11,13-14,17-18H2,1H3,(H2,26,31). The summed E-state index contributed by atoms with van der Waals surface area (Å²) in [5.74, 6) is 1.25. The number of benzene rings is 1. The molecule has 1 fully saturated rings. The smallest absolute Gasteiger partial charge is 0.231 e. The molecule has 2 aromatic heterocycles. The Balaban J connectivity index is 1.39. The predicted octanol–water partition coefficient (Wildman–Crippen LogP) is 3.44. The molecule has 1 amide bonds. The van der Waals surface area contributed by atoms with Crippen LogP contribution in [0, 0.1) is 0 Å². The highest BCUT2D eigenvalue weighted by Gasteiger charge is 2.22. The predicted molar refractivity (Wildman–Crippen MR) is 124 cm³/mol. The van der Waals surface area contributed by atoms with Gasteiger partial charge in [0, 0.05) is 49.2 Å².